The topological polar surface area (TPSA) is 78.1 Å². The number of thiophene rings is 1. The van der Waals surface area contributed by atoms with Gasteiger partial charge in [-0.2, -0.15) is 0 Å². The third-order valence-electron chi connectivity index (χ3n) is 6.28. The lowest BCUT2D eigenvalue weighted by Crippen LogP contribution is -2.39. The van der Waals surface area contributed by atoms with E-state index in [4.69, 9.17) is 0 Å². The molecule has 2 atom stereocenters. The average molecular weight is 485 g/mol. The Morgan fingerprint density at radius 1 is 1.33 bits per heavy atom. The van der Waals surface area contributed by atoms with Gasteiger partial charge < -0.3 is 15.2 Å². The van der Waals surface area contributed by atoms with Gasteiger partial charge in [0.1, 0.15) is 10.7 Å². The lowest BCUT2D eigenvalue weighted by atomic mass is 10.0. The van der Waals surface area contributed by atoms with Gasteiger partial charge in [0.2, 0.25) is 5.91 Å². The van der Waals surface area contributed by atoms with Crippen molar-refractivity contribution in [3.63, 3.8) is 0 Å². The Balaban J connectivity index is 1.28. The van der Waals surface area contributed by atoms with E-state index in [1.807, 2.05) is 42.6 Å². The van der Waals surface area contributed by atoms with E-state index in [-0.39, 0.29) is 16.7 Å². The Labute approximate surface area is 203 Å². The fourth-order valence-electron chi connectivity index (χ4n) is 4.30. The van der Waals surface area contributed by atoms with Gasteiger partial charge in [-0.15, -0.1) is 23.1 Å². The molecule has 0 aliphatic carbocycles. The van der Waals surface area contributed by atoms with Crippen molar-refractivity contribution in [2.75, 3.05) is 19.6 Å². The highest BCUT2D eigenvalue weighted by Crippen LogP contribution is 2.30. The predicted molar refractivity (Wildman–Crippen MR) is 139 cm³/mol. The summed E-state index contributed by atoms with van der Waals surface area (Å²) in [6.45, 7) is 7.12. The van der Waals surface area contributed by atoms with Gasteiger partial charge in [-0.25, -0.2) is 4.98 Å². The molecule has 3 aromatic rings. The van der Waals surface area contributed by atoms with Gasteiger partial charge in [0.25, 0.3) is 5.56 Å². The summed E-state index contributed by atoms with van der Waals surface area (Å²) >= 11 is 2.97. The van der Waals surface area contributed by atoms with Crippen LogP contribution in [0.1, 0.15) is 45.4 Å². The first kappa shape index (κ1) is 24.0. The van der Waals surface area contributed by atoms with Gasteiger partial charge in [-0.3, -0.25) is 9.59 Å². The molecule has 2 unspecified atom stereocenters. The van der Waals surface area contributed by atoms with Crippen LogP contribution < -0.4 is 10.9 Å². The molecule has 1 aromatic carbocycles. The summed E-state index contributed by atoms with van der Waals surface area (Å²) < 4.78 is 0. The molecule has 1 aliphatic rings. The normalized spacial score (nSPS) is 17.8. The molecule has 8 heteroatoms. The number of aromatic nitrogens is 2. The minimum absolute atomic E-state index is 0.0394. The van der Waals surface area contributed by atoms with E-state index in [2.05, 4.69) is 27.1 Å². The molecule has 0 bridgehead atoms. The fourth-order valence-corrected chi connectivity index (χ4v) is 6.05. The van der Waals surface area contributed by atoms with Crippen molar-refractivity contribution in [1.29, 1.82) is 0 Å². The van der Waals surface area contributed by atoms with Gasteiger partial charge in [0.15, 0.2) is 0 Å². The Bertz CT molecular complexity index is 1130. The number of hydrogen-bond acceptors (Lipinski definition) is 6. The number of H-pyrrole nitrogens is 1. The standard InChI is InChI=1S/C25H32N4O2S2/c1-17-9-6-7-13-29(17)14-8-12-26-23(30)18(2)32-16-21-27-24(31)22-20(15-33-25(22)28-21)19-10-4-3-5-11-19/h3-5,10-11,15,17-18H,6-9,12-14,16H2,1-2H3,(H,26,30)(H,27,28,31). The molecule has 1 aliphatic heterocycles. The zero-order valence-corrected chi connectivity index (χ0v) is 20.9. The van der Waals surface area contributed by atoms with Crippen molar-refractivity contribution in [2.24, 2.45) is 0 Å². The Morgan fingerprint density at radius 2 is 2.15 bits per heavy atom. The van der Waals surface area contributed by atoms with Crippen molar-refractivity contribution >= 4 is 39.2 Å². The van der Waals surface area contributed by atoms with E-state index in [1.165, 1.54) is 48.9 Å². The number of nitrogens with zero attached hydrogens (tertiary/aromatic N) is 2. The molecule has 2 N–H and O–H groups in total. The number of likely N-dealkylation sites (tertiary alicyclic amines) is 1. The predicted octanol–water partition coefficient (Wildman–Crippen LogP) is 4.65. The first-order chi connectivity index (χ1) is 16.0. The third kappa shape index (κ3) is 6.05. The zero-order chi connectivity index (χ0) is 23.2. The second-order valence-electron chi connectivity index (χ2n) is 8.69. The van der Waals surface area contributed by atoms with Gasteiger partial charge in [-0.1, -0.05) is 36.8 Å². The monoisotopic (exact) mass is 484 g/mol. The quantitative estimate of drug-likeness (QED) is 0.432. The molecular weight excluding hydrogens is 452 g/mol. The first-order valence-corrected chi connectivity index (χ1v) is 13.6. The molecule has 0 spiro atoms. The number of hydrogen-bond donors (Lipinski definition) is 2. The molecule has 1 fully saturated rings. The van der Waals surface area contributed by atoms with E-state index in [0.29, 0.717) is 29.6 Å². The fraction of sp³-hybridized carbons (Fsp3) is 0.480. The van der Waals surface area contributed by atoms with E-state index < -0.39 is 0 Å². The third-order valence-corrected chi connectivity index (χ3v) is 8.31. The lowest BCUT2D eigenvalue weighted by Gasteiger charge is -2.33. The SMILES string of the molecule is CC(SCc1nc2scc(-c3ccccc3)c2c(=O)[nH]1)C(=O)NCCCN1CCCCC1C. The summed E-state index contributed by atoms with van der Waals surface area (Å²) in [5.74, 6) is 1.14. The lowest BCUT2D eigenvalue weighted by molar-refractivity contribution is -0.120. The number of carbonyl (C=O) groups excluding carboxylic acids is 1. The van der Waals surface area contributed by atoms with Crippen molar-refractivity contribution in [1.82, 2.24) is 20.2 Å². The number of piperidine rings is 1. The number of rotatable bonds is 9. The second-order valence-corrected chi connectivity index (χ2v) is 10.9. The van der Waals surface area contributed by atoms with Crippen molar-refractivity contribution in [2.45, 2.75) is 56.6 Å². The number of fused-ring (bicyclic) bond motifs is 1. The van der Waals surface area contributed by atoms with Crippen LogP contribution in [-0.2, 0) is 10.5 Å². The molecule has 4 rings (SSSR count). The zero-order valence-electron chi connectivity index (χ0n) is 19.3. The molecule has 2 aromatic heterocycles. The van der Waals surface area contributed by atoms with Crippen LogP contribution in [-0.4, -0.2) is 51.7 Å². The van der Waals surface area contributed by atoms with E-state index in [0.717, 1.165) is 28.9 Å². The minimum atomic E-state index is -0.205. The smallest absolute Gasteiger partial charge is 0.260 e. The van der Waals surface area contributed by atoms with Crippen LogP contribution in [0.15, 0.2) is 40.5 Å². The summed E-state index contributed by atoms with van der Waals surface area (Å²) in [6, 6.07) is 10.5. The summed E-state index contributed by atoms with van der Waals surface area (Å²) in [5, 5.41) is 5.47. The van der Waals surface area contributed by atoms with E-state index in [9.17, 15) is 9.59 Å². The van der Waals surface area contributed by atoms with Gasteiger partial charge in [0.05, 0.1) is 16.4 Å². The summed E-state index contributed by atoms with van der Waals surface area (Å²) in [7, 11) is 0. The maximum Gasteiger partial charge on any atom is 0.260 e. The number of carbonyl (C=O) groups is 1. The Hall–Kier alpha value is -2.16. The minimum Gasteiger partial charge on any atom is -0.355 e. The van der Waals surface area contributed by atoms with Gasteiger partial charge >= 0.3 is 0 Å². The van der Waals surface area contributed by atoms with E-state index >= 15 is 0 Å². The maximum atomic E-state index is 12.8. The van der Waals surface area contributed by atoms with Crippen molar-refractivity contribution in [3.8, 4) is 11.1 Å². The van der Waals surface area contributed by atoms with Gasteiger partial charge in [0, 0.05) is 30.1 Å². The van der Waals surface area contributed by atoms with E-state index in [1.54, 1.807) is 0 Å². The first-order valence-electron chi connectivity index (χ1n) is 11.7. The molecule has 176 valence electrons. The highest BCUT2D eigenvalue weighted by atomic mass is 32.2. The Kier molecular flexibility index (Phi) is 8.22. The number of thioether (sulfide) groups is 1. The summed E-state index contributed by atoms with van der Waals surface area (Å²) in [4.78, 5) is 36.1. The number of nitrogens with one attached hydrogen (secondary N) is 2. The average Bonchev–Trinajstić information content (AvgIpc) is 3.26. The Morgan fingerprint density at radius 3 is 2.94 bits per heavy atom. The van der Waals surface area contributed by atoms with Crippen LogP contribution in [0.2, 0.25) is 0 Å². The van der Waals surface area contributed by atoms with Gasteiger partial charge in [-0.05, 0) is 45.2 Å². The van der Waals surface area contributed by atoms with Crippen LogP contribution in [0.25, 0.3) is 21.3 Å². The number of benzene rings is 1. The summed E-state index contributed by atoms with van der Waals surface area (Å²) in [6.07, 6.45) is 4.87. The molecule has 0 radical (unpaired) electrons. The van der Waals surface area contributed by atoms with Crippen LogP contribution in [0.5, 0.6) is 0 Å². The van der Waals surface area contributed by atoms with Crippen molar-refractivity contribution in [3.05, 3.63) is 51.9 Å². The molecule has 0 saturated carbocycles. The van der Waals surface area contributed by atoms with Crippen LogP contribution in [0.3, 0.4) is 0 Å². The largest absolute Gasteiger partial charge is 0.355 e. The van der Waals surface area contributed by atoms with Crippen LogP contribution >= 0.6 is 23.1 Å². The molecular formula is C25H32N4O2S2. The molecule has 3 heterocycles. The van der Waals surface area contributed by atoms with Crippen LogP contribution in [0.4, 0.5) is 0 Å². The molecule has 33 heavy (non-hydrogen) atoms. The molecule has 1 amide bonds. The summed E-state index contributed by atoms with van der Waals surface area (Å²) in [5.41, 5.74) is 1.80. The molecule has 6 nitrogen and oxygen atoms in total. The highest BCUT2D eigenvalue weighted by molar-refractivity contribution is 7.99. The van der Waals surface area contributed by atoms with Crippen LogP contribution in [0, 0.1) is 0 Å². The maximum absolute atomic E-state index is 12.8. The number of aromatic amines is 1. The molecule has 1 saturated heterocycles. The van der Waals surface area contributed by atoms with Crippen molar-refractivity contribution < 1.29 is 4.79 Å². The highest BCUT2D eigenvalue weighted by Gasteiger charge is 2.19. The number of amides is 1. The second kappa shape index (κ2) is 11.3.